The van der Waals surface area contributed by atoms with E-state index in [1.807, 2.05) is 38.1 Å². The lowest BCUT2D eigenvalue weighted by Crippen LogP contribution is -2.25. The normalized spacial score (nSPS) is 13.3. The van der Waals surface area contributed by atoms with Gasteiger partial charge in [-0.1, -0.05) is 76.2 Å². The van der Waals surface area contributed by atoms with Gasteiger partial charge >= 0.3 is 0 Å². The van der Waals surface area contributed by atoms with Crippen LogP contribution in [0.2, 0.25) is 0 Å². The highest BCUT2D eigenvalue weighted by Gasteiger charge is 2.28. The zero-order chi connectivity index (χ0) is 23.0. The van der Waals surface area contributed by atoms with Gasteiger partial charge in [0.25, 0.3) is 0 Å². The molecule has 0 saturated heterocycles. The van der Waals surface area contributed by atoms with Gasteiger partial charge < -0.3 is 15.3 Å². The zero-order valence-corrected chi connectivity index (χ0v) is 19.9. The molecule has 0 fully saturated rings. The molecule has 1 unspecified atom stereocenters. The molecule has 0 aliphatic heterocycles. The van der Waals surface area contributed by atoms with Gasteiger partial charge in [-0.2, -0.15) is 0 Å². The van der Waals surface area contributed by atoms with Gasteiger partial charge in [0.2, 0.25) is 0 Å². The first-order valence-electron chi connectivity index (χ1n) is 11.6. The van der Waals surface area contributed by atoms with E-state index in [1.54, 1.807) is 0 Å². The molecule has 3 nitrogen and oxygen atoms in total. The predicted octanol–water partition coefficient (Wildman–Crippen LogP) is 5.70. The minimum absolute atomic E-state index is 0.0434. The second-order valence-electron chi connectivity index (χ2n) is 9.07. The van der Waals surface area contributed by atoms with Crippen LogP contribution in [0, 0.1) is 12.8 Å². The Morgan fingerprint density at radius 1 is 0.935 bits per heavy atom. The Morgan fingerprint density at radius 2 is 1.61 bits per heavy atom. The molecule has 0 spiro atoms. The smallest absolute Gasteiger partial charge is 0.0747 e. The second kappa shape index (κ2) is 11.6. The van der Waals surface area contributed by atoms with Gasteiger partial charge in [-0.25, -0.2) is 0 Å². The molecule has 0 aliphatic rings. The van der Waals surface area contributed by atoms with E-state index in [0.29, 0.717) is 0 Å². The van der Waals surface area contributed by atoms with E-state index < -0.39 is 6.10 Å². The van der Waals surface area contributed by atoms with Crippen LogP contribution in [0.4, 0.5) is 0 Å². The van der Waals surface area contributed by atoms with Gasteiger partial charge in [-0.15, -0.1) is 0 Å². The first-order chi connectivity index (χ1) is 14.8. The van der Waals surface area contributed by atoms with Crippen LogP contribution in [0.1, 0.15) is 80.3 Å². The van der Waals surface area contributed by atoms with Crippen molar-refractivity contribution in [3.8, 4) is 0 Å². The van der Waals surface area contributed by atoms with E-state index in [-0.39, 0.29) is 24.5 Å². The quantitative estimate of drug-likeness (QED) is 0.434. The molecule has 1 atom stereocenters. The Balaban J connectivity index is 2.25. The van der Waals surface area contributed by atoms with Crippen LogP contribution in [-0.4, -0.2) is 21.4 Å². The van der Waals surface area contributed by atoms with E-state index >= 15 is 0 Å². The molecule has 2 rings (SSSR count). The number of hydrogen-bond acceptors (Lipinski definition) is 3. The maximum atomic E-state index is 10.1. The molecule has 0 saturated carbocycles. The van der Waals surface area contributed by atoms with Gasteiger partial charge in [0, 0.05) is 0 Å². The molecule has 0 aliphatic carbocycles. The predicted molar refractivity (Wildman–Crippen MR) is 130 cm³/mol. The molecule has 0 bridgehead atoms. The van der Waals surface area contributed by atoms with Crippen LogP contribution in [0.25, 0.3) is 6.08 Å². The Morgan fingerprint density at radius 3 is 2.16 bits per heavy atom. The first kappa shape index (κ1) is 25.3. The summed E-state index contributed by atoms with van der Waals surface area (Å²) in [7, 11) is 0. The molecule has 170 valence electrons. The zero-order valence-electron chi connectivity index (χ0n) is 19.9. The van der Waals surface area contributed by atoms with Gasteiger partial charge in [0.05, 0.1) is 19.3 Å². The lowest BCUT2D eigenvalue weighted by Gasteiger charge is -2.33. The maximum Gasteiger partial charge on any atom is 0.0747 e. The number of rotatable bonds is 11. The average molecular weight is 425 g/mol. The molecule has 3 N–H and O–H groups in total. The van der Waals surface area contributed by atoms with Crippen molar-refractivity contribution in [2.24, 2.45) is 5.92 Å². The first-order valence-corrected chi connectivity index (χ1v) is 11.6. The molecule has 0 amide bonds. The van der Waals surface area contributed by atoms with Crippen LogP contribution in [-0.2, 0) is 25.0 Å². The monoisotopic (exact) mass is 424 g/mol. The van der Waals surface area contributed by atoms with Crippen LogP contribution >= 0.6 is 0 Å². The number of aliphatic hydroxyl groups excluding tert-OH is 3. The second-order valence-corrected chi connectivity index (χ2v) is 9.07. The largest absolute Gasteiger partial charge is 0.392 e. The van der Waals surface area contributed by atoms with E-state index in [2.05, 4.69) is 45.0 Å². The fourth-order valence-electron chi connectivity index (χ4n) is 4.29. The Labute approximate surface area is 188 Å². The summed E-state index contributed by atoms with van der Waals surface area (Å²) in [5.41, 5.74) is 6.65. The molecule has 2 aromatic carbocycles. The summed E-state index contributed by atoms with van der Waals surface area (Å²) in [4.78, 5) is 0. The lowest BCUT2D eigenvalue weighted by atomic mass is 9.71. The number of benzene rings is 2. The fourth-order valence-corrected chi connectivity index (χ4v) is 4.29. The van der Waals surface area contributed by atoms with E-state index in [1.165, 1.54) is 16.7 Å². The molecular formula is C28H40O3. The third-order valence-corrected chi connectivity index (χ3v) is 6.90. The van der Waals surface area contributed by atoms with Crippen molar-refractivity contribution in [2.45, 2.75) is 85.0 Å². The minimum atomic E-state index is -0.425. The third-order valence-electron chi connectivity index (χ3n) is 6.90. The summed E-state index contributed by atoms with van der Waals surface area (Å²) < 4.78 is 0. The van der Waals surface area contributed by atoms with Crippen molar-refractivity contribution in [3.63, 3.8) is 0 Å². The van der Waals surface area contributed by atoms with Crippen molar-refractivity contribution < 1.29 is 15.3 Å². The number of aliphatic hydroxyl groups is 3. The summed E-state index contributed by atoms with van der Waals surface area (Å²) in [6, 6.07) is 12.8. The van der Waals surface area contributed by atoms with Crippen LogP contribution < -0.4 is 0 Å². The summed E-state index contributed by atoms with van der Waals surface area (Å²) >= 11 is 0. The van der Waals surface area contributed by atoms with Gasteiger partial charge in [0.1, 0.15) is 0 Å². The van der Waals surface area contributed by atoms with Crippen molar-refractivity contribution in [3.05, 3.63) is 75.9 Å². The lowest BCUT2D eigenvalue weighted by molar-refractivity contribution is 0.173. The molecule has 3 heteroatoms. The van der Waals surface area contributed by atoms with Crippen molar-refractivity contribution in [1.82, 2.24) is 0 Å². The molecule has 0 heterocycles. The maximum absolute atomic E-state index is 10.1. The summed E-state index contributed by atoms with van der Waals surface area (Å²) in [5, 5.41) is 29.1. The van der Waals surface area contributed by atoms with E-state index in [4.69, 9.17) is 0 Å². The van der Waals surface area contributed by atoms with E-state index in [0.717, 1.165) is 42.4 Å². The Kier molecular flexibility index (Phi) is 9.49. The van der Waals surface area contributed by atoms with E-state index in [9.17, 15) is 15.3 Å². The Bertz CT molecular complexity index is 863. The van der Waals surface area contributed by atoms with Gasteiger partial charge in [0.15, 0.2) is 0 Å². The molecule has 0 aromatic heterocycles. The van der Waals surface area contributed by atoms with Crippen LogP contribution in [0.15, 0.2) is 42.5 Å². The topological polar surface area (TPSA) is 60.7 Å². The summed E-state index contributed by atoms with van der Waals surface area (Å²) in [5.74, 6) is 0.210. The molecule has 31 heavy (non-hydrogen) atoms. The summed E-state index contributed by atoms with van der Waals surface area (Å²) in [6.45, 7) is 10.6. The highest BCUT2D eigenvalue weighted by atomic mass is 16.3. The average Bonchev–Trinajstić information content (AvgIpc) is 2.78. The van der Waals surface area contributed by atoms with Crippen molar-refractivity contribution in [1.29, 1.82) is 0 Å². The minimum Gasteiger partial charge on any atom is -0.392 e. The standard InChI is InChI=1S/C28H40O3/c1-6-28(7-2,15-14-22-8-9-24(18-29)25(17-22)19-30)26-12-10-23(21(5)16-26)11-13-27(31)20(3)4/h8-13,16-17,20,27,29-31H,6-7,14-15,18-19H2,1-5H3/b13-11+. The fraction of sp³-hybridized carbons (Fsp3) is 0.500. The Hall–Kier alpha value is -1.94. The molecule has 2 aromatic rings. The third kappa shape index (κ3) is 6.29. The molecular weight excluding hydrogens is 384 g/mol. The number of hydrogen-bond donors (Lipinski definition) is 3. The van der Waals surface area contributed by atoms with Crippen LogP contribution in [0.3, 0.4) is 0 Å². The number of aryl methyl sites for hydroxylation is 2. The SMILES string of the molecule is CCC(CC)(CCc1ccc(CO)c(CO)c1)c1ccc(/C=C/C(O)C(C)C)c(C)c1. The van der Waals surface area contributed by atoms with Gasteiger partial charge in [-0.05, 0) is 77.3 Å². The van der Waals surface area contributed by atoms with Crippen molar-refractivity contribution in [2.75, 3.05) is 0 Å². The highest BCUT2D eigenvalue weighted by Crippen LogP contribution is 2.37. The van der Waals surface area contributed by atoms with Gasteiger partial charge in [-0.3, -0.25) is 0 Å². The van der Waals surface area contributed by atoms with Crippen LogP contribution in [0.5, 0.6) is 0 Å². The highest BCUT2D eigenvalue weighted by molar-refractivity contribution is 5.55. The molecule has 0 radical (unpaired) electrons. The van der Waals surface area contributed by atoms with Crippen molar-refractivity contribution >= 4 is 6.08 Å². The summed E-state index contributed by atoms with van der Waals surface area (Å²) in [6.07, 6.45) is 7.57.